The van der Waals surface area contributed by atoms with Crippen molar-refractivity contribution in [1.29, 1.82) is 0 Å². The van der Waals surface area contributed by atoms with Gasteiger partial charge in [0.25, 0.3) is 0 Å². The van der Waals surface area contributed by atoms with Crippen LogP contribution in [0.5, 0.6) is 0 Å². The Hall–Kier alpha value is -3.90. The van der Waals surface area contributed by atoms with E-state index in [1.165, 1.54) is 49.4 Å². The molecule has 0 unspecified atom stereocenters. The first-order valence-corrected chi connectivity index (χ1v) is 10.6. The van der Waals surface area contributed by atoms with Crippen LogP contribution in [0.3, 0.4) is 0 Å². The van der Waals surface area contributed by atoms with Crippen LogP contribution in [0.25, 0.3) is 56.0 Å². The predicted octanol–water partition coefficient (Wildman–Crippen LogP) is 8.92. The maximum Gasteiger partial charge on any atom is -0.00204 e. The molecular weight excluding hydrogens is 372 g/mol. The Labute approximate surface area is 183 Å². The van der Waals surface area contributed by atoms with E-state index < -0.39 is 0 Å². The predicted molar refractivity (Wildman–Crippen MR) is 137 cm³/mol. The Kier molecular flexibility index (Phi) is 4.76. The van der Waals surface area contributed by atoms with E-state index in [-0.39, 0.29) is 0 Å². The maximum atomic E-state index is 4.22. The molecule has 0 aromatic heterocycles. The first-order chi connectivity index (χ1) is 15.2. The SMILES string of the molecule is C=Cc1c(C=C)c(-c2cccc3ccccc23)c2ccccc2c1-c1cccc(C)c1. The molecular formula is C31H24. The lowest BCUT2D eigenvalue weighted by molar-refractivity contribution is 1.47. The van der Waals surface area contributed by atoms with Crippen molar-refractivity contribution in [2.24, 2.45) is 0 Å². The molecule has 0 radical (unpaired) electrons. The molecule has 0 heterocycles. The van der Waals surface area contributed by atoms with Crippen molar-refractivity contribution in [2.75, 3.05) is 0 Å². The third kappa shape index (κ3) is 3.08. The van der Waals surface area contributed by atoms with E-state index in [0.717, 1.165) is 11.1 Å². The Bertz CT molecular complexity index is 1460. The fourth-order valence-electron chi connectivity index (χ4n) is 4.75. The lowest BCUT2D eigenvalue weighted by atomic mass is 9.82. The van der Waals surface area contributed by atoms with Crippen LogP contribution < -0.4 is 0 Å². The zero-order valence-electron chi connectivity index (χ0n) is 17.7. The molecule has 5 aromatic carbocycles. The molecule has 0 fully saturated rings. The van der Waals surface area contributed by atoms with Gasteiger partial charge in [0, 0.05) is 0 Å². The molecule has 31 heavy (non-hydrogen) atoms. The normalized spacial score (nSPS) is 11.0. The van der Waals surface area contributed by atoms with Gasteiger partial charge in [0.2, 0.25) is 0 Å². The van der Waals surface area contributed by atoms with Crippen LogP contribution in [0, 0.1) is 6.92 Å². The lowest BCUT2D eigenvalue weighted by Crippen LogP contribution is -1.96. The minimum Gasteiger partial charge on any atom is -0.0984 e. The molecule has 0 aliphatic rings. The topological polar surface area (TPSA) is 0 Å². The van der Waals surface area contributed by atoms with Crippen molar-refractivity contribution in [3.8, 4) is 22.3 Å². The van der Waals surface area contributed by atoms with Gasteiger partial charge in [0.15, 0.2) is 0 Å². The zero-order valence-corrected chi connectivity index (χ0v) is 17.7. The lowest BCUT2D eigenvalue weighted by Gasteiger charge is -2.21. The summed E-state index contributed by atoms with van der Waals surface area (Å²) in [5, 5.41) is 4.95. The van der Waals surface area contributed by atoms with Gasteiger partial charge in [-0.05, 0) is 61.8 Å². The highest BCUT2D eigenvalue weighted by Gasteiger charge is 2.19. The zero-order chi connectivity index (χ0) is 21.4. The highest BCUT2D eigenvalue weighted by atomic mass is 14.2. The summed E-state index contributed by atoms with van der Waals surface area (Å²) in [4.78, 5) is 0. The van der Waals surface area contributed by atoms with Crippen LogP contribution in [0.15, 0.2) is 104 Å². The summed E-state index contributed by atoms with van der Waals surface area (Å²) in [7, 11) is 0. The highest BCUT2D eigenvalue weighted by Crippen LogP contribution is 2.44. The molecule has 5 rings (SSSR count). The van der Waals surface area contributed by atoms with E-state index in [1.807, 2.05) is 12.2 Å². The van der Waals surface area contributed by atoms with E-state index in [2.05, 4.69) is 111 Å². The fraction of sp³-hybridized carbons (Fsp3) is 0.0323. The van der Waals surface area contributed by atoms with Gasteiger partial charge in [0.1, 0.15) is 0 Å². The number of benzene rings is 5. The first-order valence-electron chi connectivity index (χ1n) is 10.6. The van der Waals surface area contributed by atoms with Crippen molar-refractivity contribution >= 4 is 33.7 Å². The van der Waals surface area contributed by atoms with Gasteiger partial charge in [-0.25, -0.2) is 0 Å². The van der Waals surface area contributed by atoms with Gasteiger partial charge in [-0.3, -0.25) is 0 Å². The highest BCUT2D eigenvalue weighted by molar-refractivity contribution is 6.14. The molecule has 0 amide bonds. The molecule has 0 heteroatoms. The number of hydrogen-bond donors (Lipinski definition) is 0. The second kappa shape index (κ2) is 7.74. The van der Waals surface area contributed by atoms with Gasteiger partial charge in [-0.1, -0.05) is 122 Å². The first kappa shape index (κ1) is 19.1. The standard InChI is InChI=1S/C31H24/c1-4-24-25(5-2)31(27-19-11-14-22-13-6-7-16-26(22)27)29-18-9-8-17-28(29)30(24)23-15-10-12-21(3)20-23/h4-20H,1-2H2,3H3. The average Bonchev–Trinajstić information content (AvgIpc) is 2.82. The largest absolute Gasteiger partial charge is 0.0984 e. The quantitative estimate of drug-likeness (QED) is 0.284. The summed E-state index contributed by atoms with van der Waals surface area (Å²) in [5.41, 5.74) is 8.36. The van der Waals surface area contributed by atoms with Crippen LogP contribution in [0.1, 0.15) is 16.7 Å². The van der Waals surface area contributed by atoms with E-state index >= 15 is 0 Å². The van der Waals surface area contributed by atoms with Crippen LogP contribution in [0.2, 0.25) is 0 Å². The van der Waals surface area contributed by atoms with E-state index in [9.17, 15) is 0 Å². The Morgan fingerprint density at radius 1 is 0.581 bits per heavy atom. The minimum atomic E-state index is 1.13. The third-order valence-corrected chi connectivity index (χ3v) is 6.07. The fourth-order valence-corrected chi connectivity index (χ4v) is 4.75. The van der Waals surface area contributed by atoms with Crippen LogP contribution in [-0.4, -0.2) is 0 Å². The summed E-state index contributed by atoms with van der Waals surface area (Å²) in [6.45, 7) is 10.6. The van der Waals surface area contributed by atoms with E-state index in [0.29, 0.717) is 0 Å². The molecule has 0 aliphatic carbocycles. The van der Waals surface area contributed by atoms with Gasteiger partial charge in [-0.2, -0.15) is 0 Å². The molecule has 0 nitrogen and oxygen atoms in total. The third-order valence-electron chi connectivity index (χ3n) is 6.07. The smallest absolute Gasteiger partial charge is 0.00204 e. The Morgan fingerprint density at radius 3 is 1.87 bits per heavy atom. The molecule has 0 aliphatic heterocycles. The van der Waals surface area contributed by atoms with Crippen molar-refractivity contribution in [3.05, 3.63) is 121 Å². The summed E-state index contributed by atoms with van der Waals surface area (Å²) >= 11 is 0. The molecule has 148 valence electrons. The van der Waals surface area contributed by atoms with Crippen LogP contribution in [0.4, 0.5) is 0 Å². The summed E-state index contributed by atoms with van der Waals surface area (Å²) in [6.07, 6.45) is 3.97. The van der Waals surface area contributed by atoms with E-state index in [1.54, 1.807) is 0 Å². The van der Waals surface area contributed by atoms with Gasteiger partial charge >= 0.3 is 0 Å². The number of rotatable bonds is 4. The number of fused-ring (bicyclic) bond motifs is 2. The van der Waals surface area contributed by atoms with Crippen molar-refractivity contribution in [2.45, 2.75) is 6.92 Å². The van der Waals surface area contributed by atoms with Crippen LogP contribution >= 0.6 is 0 Å². The van der Waals surface area contributed by atoms with Crippen LogP contribution in [-0.2, 0) is 0 Å². The van der Waals surface area contributed by atoms with Crippen molar-refractivity contribution in [1.82, 2.24) is 0 Å². The summed E-state index contributed by atoms with van der Waals surface area (Å²) in [5.74, 6) is 0. The minimum absolute atomic E-state index is 1.13. The second-order valence-corrected chi connectivity index (χ2v) is 7.93. The Balaban J connectivity index is 2.00. The number of aryl methyl sites for hydroxylation is 1. The summed E-state index contributed by atoms with van der Waals surface area (Å²) in [6, 6.07) is 32.5. The number of hydrogen-bond acceptors (Lipinski definition) is 0. The molecule has 0 N–H and O–H groups in total. The summed E-state index contributed by atoms with van der Waals surface area (Å²) < 4.78 is 0. The average molecular weight is 397 g/mol. The molecule has 0 saturated carbocycles. The Morgan fingerprint density at radius 2 is 1.16 bits per heavy atom. The molecule has 0 spiro atoms. The molecule has 5 aromatic rings. The van der Waals surface area contributed by atoms with Crippen molar-refractivity contribution in [3.63, 3.8) is 0 Å². The monoisotopic (exact) mass is 396 g/mol. The van der Waals surface area contributed by atoms with Crippen molar-refractivity contribution < 1.29 is 0 Å². The van der Waals surface area contributed by atoms with Gasteiger partial charge in [-0.15, -0.1) is 0 Å². The second-order valence-electron chi connectivity index (χ2n) is 7.93. The van der Waals surface area contributed by atoms with E-state index in [4.69, 9.17) is 0 Å². The van der Waals surface area contributed by atoms with Gasteiger partial charge < -0.3 is 0 Å². The molecule has 0 saturated heterocycles. The maximum absolute atomic E-state index is 4.22. The van der Waals surface area contributed by atoms with Gasteiger partial charge in [0.05, 0.1) is 0 Å². The molecule has 0 atom stereocenters. The molecule has 0 bridgehead atoms.